The maximum absolute atomic E-state index is 11.8. The van der Waals surface area contributed by atoms with Gasteiger partial charge in [0, 0.05) is 25.6 Å². The van der Waals surface area contributed by atoms with Crippen molar-refractivity contribution in [2.45, 2.75) is 52.6 Å². The molecular weight excluding hydrogens is 252 g/mol. The molecule has 0 aromatic carbocycles. The maximum Gasteiger partial charge on any atom is 0.222 e. The topological polar surface area (TPSA) is 45.5 Å². The molecule has 1 aromatic rings. The lowest BCUT2D eigenvalue weighted by Gasteiger charge is -2.38. The van der Waals surface area contributed by atoms with E-state index in [9.17, 15) is 4.79 Å². The van der Waals surface area contributed by atoms with Crippen LogP contribution in [0.15, 0.2) is 16.5 Å². The number of aryl methyl sites for hydroxylation is 1. The summed E-state index contributed by atoms with van der Waals surface area (Å²) in [7, 11) is 0. The highest BCUT2D eigenvalue weighted by atomic mass is 16.3. The second-order valence-corrected chi connectivity index (χ2v) is 5.65. The van der Waals surface area contributed by atoms with Gasteiger partial charge in [0.25, 0.3) is 0 Å². The lowest BCUT2D eigenvalue weighted by Crippen LogP contribution is -2.50. The molecule has 1 N–H and O–H groups in total. The van der Waals surface area contributed by atoms with Gasteiger partial charge in [-0.15, -0.1) is 0 Å². The molecule has 0 saturated carbocycles. The van der Waals surface area contributed by atoms with E-state index in [0.29, 0.717) is 18.4 Å². The van der Waals surface area contributed by atoms with Gasteiger partial charge in [-0.1, -0.05) is 20.3 Å². The van der Waals surface area contributed by atoms with Crippen LogP contribution in [0, 0.1) is 12.8 Å². The number of carbonyl (C=O) groups excluding carboxylic acids is 1. The summed E-state index contributed by atoms with van der Waals surface area (Å²) in [6, 6.07) is 4.50. The van der Waals surface area contributed by atoms with Crippen molar-refractivity contribution in [2.75, 3.05) is 13.1 Å². The van der Waals surface area contributed by atoms with E-state index in [0.717, 1.165) is 44.0 Å². The van der Waals surface area contributed by atoms with E-state index < -0.39 is 0 Å². The highest BCUT2D eigenvalue weighted by molar-refractivity contribution is 5.75. The molecule has 4 heteroatoms. The minimum Gasteiger partial charge on any atom is -0.465 e. The van der Waals surface area contributed by atoms with Crippen molar-refractivity contribution in [1.82, 2.24) is 10.2 Å². The second-order valence-electron chi connectivity index (χ2n) is 5.65. The molecule has 0 aliphatic carbocycles. The molecule has 1 fully saturated rings. The van der Waals surface area contributed by atoms with Gasteiger partial charge in [0.15, 0.2) is 0 Å². The monoisotopic (exact) mass is 278 g/mol. The smallest absolute Gasteiger partial charge is 0.222 e. The van der Waals surface area contributed by atoms with Crippen LogP contribution >= 0.6 is 0 Å². The van der Waals surface area contributed by atoms with Crippen molar-refractivity contribution in [3.05, 3.63) is 23.7 Å². The van der Waals surface area contributed by atoms with E-state index in [-0.39, 0.29) is 5.91 Å². The third-order valence-electron chi connectivity index (χ3n) is 4.25. The van der Waals surface area contributed by atoms with Crippen molar-refractivity contribution in [1.29, 1.82) is 0 Å². The first-order valence-corrected chi connectivity index (χ1v) is 7.70. The molecule has 1 saturated heterocycles. The highest BCUT2D eigenvalue weighted by Gasteiger charge is 2.29. The summed E-state index contributed by atoms with van der Waals surface area (Å²) < 4.78 is 5.59. The molecule has 112 valence electrons. The standard InChI is InChI=1S/C16H26N2O2/c1-4-13-11-18(16(19)5-2)9-8-15(13)17-10-14-7-6-12(3)20-14/h6-7,13,15,17H,4-5,8-11H2,1-3H3/t13-,15+/m1/s1. The highest BCUT2D eigenvalue weighted by Crippen LogP contribution is 2.21. The molecular formula is C16H26N2O2. The second kappa shape index (κ2) is 6.93. The third kappa shape index (κ3) is 3.63. The quantitative estimate of drug-likeness (QED) is 0.900. The summed E-state index contributed by atoms with van der Waals surface area (Å²) >= 11 is 0. The lowest BCUT2D eigenvalue weighted by atomic mass is 9.89. The summed E-state index contributed by atoms with van der Waals surface area (Å²) in [6.45, 7) is 8.64. The van der Waals surface area contributed by atoms with Gasteiger partial charge >= 0.3 is 0 Å². The van der Waals surface area contributed by atoms with Crippen molar-refractivity contribution < 1.29 is 9.21 Å². The van der Waals surface area contributed by atoms with Gasteiger partial charge in [0.2, 0.25) is 5.91 Å². The fourth-order valence-corrected chi connectivity index (χ4v) is 2.98. The van der Waals surface area contributed by atoms with E-state index in [1.165, 1.54) is 0 Å². The fraction of sp³-hybridized carbons (Fsp3) is 0.688. The number of carbonyl (C=O) groups is 1. The lowest BCUT2D eigenvalue weighted by molar-refractivity contribution is -0.133. The van der Waals surface area contributed by atoms with Crippen LogP contribution in [0.5, 0.6) is 0 Å². The number of rotatable bonds is 5. The minimum atomic E-state index is 0.281. The van der Waals surface area contributed by atoms with Gasteiger partial charge < -0.3 is 14.6 Å². The summed E-state index contributed by atoms with van der Waals surface area (Å²) in [5, 5.41) is 3.60. The summed E-state index contributed by atoms with van der Waals surface area (Å²) in [5.74, 6) is 2.76. The Labute approximate surface area is 121 Å². The Morgan fingerprint density at radius 2 is 2.25 bits per heavy atom. The van der Waals surface area contributed by atoms with Crippen LogP contribution in [-0.4, -0.2) is 29.9 Å². The van der Waals surface area contributed by atoms with E-state index in [2.05, 4.69) is 12.2 Å². The zero-order valence-corrected chi connectivity index (χ0v) is 12.8. The number of nitrogens with one attached hydrogen (secondary N) is 1. The molecule has 0 radical (unpaired) electrons. The molecule has 20 heavy (non-hydrogen) atoms. The SMILES string of the molecule is CCC(=O)N1CC[C@H](NCc2ccc(C)o2)[C@H](CC)C1. The predicted molar refractivity (Wildman–Crippen MR) is 79.3 cm³/mol. The van der Waals surface area contributed by atoms with E-state index in [1.807, 2.05) is 30.9 Å². The zero-order valence-electron chi connectivity index (χ0n) is 12.8. The van der Waals surface area contributed by atoms with E-state index in [4.69, 9.17) is 4.42 Å². The maximum atomic E-state index is 11.8. The Hall–Kier alpha value is -1.29. The number of amides is 1. The number of hydrogen-bond acceptors (Lipinski definition) is 3. The van der Waals surface area contributed by atoms with Crippen LogP contribution in [0.4, 0.5) is 0 Å². The van der Waals surface area contributed by atoms with Gasteiger partial charge in [-0.2, -0.15) is 0 Å². The molecule has 4 nitrogen and oxygen atoms in total. The average molecular weight is 278 g/mol. The number of nitrogens with zero attached hydrogens (tertiary/aromatic N) is 1. The van der Waals surface area contributed by atoms with Gasteiger partial charge in [-0.05, 0) is 31.4 Å². The normalized spacial score (nSPS) is 23.1. The Morgan fingerprint density at radius 1 is 1.45 bits per heavy atom. The molecule has 0 unspecified atom stereocenters. The van der Waals surface area contributed by atoms with Crippen LogP contribution < -0.4 is 5.32 Å². The molecule has 1 aromatic heterocycles. The zero-order chi connectivity index (χ0) is 14.5. The Balaban J connectivity index is 1.87. The predicted octanol–water partition coefficient (Wildman–Crippen LogP) is 2.71. The van der Waals surface area contributed by atoms with Crippen molar-refractivity contribution >= 4 is 5.91 Å². The van der Waals surface area contributed by atoms with Crippen LogP contribution in [0.1, 0.15) is 44.6 Å². The van der Waals surface area contributed by atoms with Gasteiger partial charge in [0.05, 0.1) is 6.54 Å². The summed E-state index contributed by atoms with van der Waals surface area (Å²) in [4.78, 5) is 13.8. The Bertz CT molecular complexity index is 441. The molecule has 2 heterocycles. The van der Waals surface area contributed by atoms with Crippen molar-refractivity contribution in [2.24, 2.45) is 5.92 Å². The van der Waals surface area contributed by atoms with Gasteiger partial charge in [0.1, 0.15) is 11.5 Å². The number of furan rings is 1. The van der Waals surface area contributed by atoms with E-state index >= 15 is 0 Å². The first-order chi connectivity index (χ1) is 9.63. The van der Waals surface area contributed by atoms with Crippen LogP contribution in [0.2, 0.25) is 0 Å². The van der Waals surface area contributed by atoms with Gasteiger partial charge in [-0.25, -0.2) is 0 Å². The third-order valence-corrected chi connectivity index (χ3v) is 4.25. The molecule has 0 bridgehead atoms. The van der Waals surface area contributed by atoms with Gasteiger partial charge in [-0.3, -0.25) is 4.79 Å². The van der Waals surface area contributed by atoms with Crippen molar-refractivity contribution in [3.63, 3.8) is 0 Å². The number of likely N-dealkylation sites (tertiary alicyclic amines) is 1. The molecule has 1 amide bonds. The van der Waals surface area contributed by atoms with Crippen LogP contribution in [-0.2, 0) is 11.3 Å². The molecule has 0 spiro atoms. The molecule has 2 atom stereocenters. The van der Waals surface area contributed by atoms with Crippen molar-refractivity contribution in [3.8, 4) is 0 Å². The first kappa shape index (κ1) is 15.1. The Kier molecular flexibility index (Phi) is 5.24. The molecule has 2 rings (SSSR count). The molecule has 1 aliphatic heterocycles. The first-order valence-electron chi connectivity index (χ1n) is 7.70. The van der Waals surface area contributed by atoms with Crippen LogP contribution in [0.3, 0.4) is 0 Å². The van der Waals surface area contributed by atoms with Crippen LogP contribution in [0.25, 0.3) is 0 Å². The minimum absolute atomic E-state index is 0.281. The summed E-state index contributed by atoms with van der Waals surface area (Å²) in [6.07, 6.45) is 2.74. The van der Waals surface area contributed by atoms with E-state index in [1.54, 1.807) is 0 Å². The Morgan fingerprint density at radius 3 is 2.85 bits per heavy atom. The number of piperidine rings is 1. The summed E-state index contributed by atoms with van der Waals surface area (Å²) in [5.41, 5.74) is 0. The average Bonchev–Trinajstić information content (AvgIpc) is 2.89. The fourth-order valence-electron chi connectivity index (χ4n) is 2.98. The molecule has 1 aliphatic rings. The number of hydrogen-bond donors (Lipinski definition) is 1. The largest absolute Gasteiger partial charge is 0.465 e.